The number of thiazole rings is 1. The van der Waals surface area contributed by atoms with Gasteiger partial charge < -0.3 is 29.7 Å². The number of aromatic nitrogens is 1. The number of rotatable bonds is 11. The number of anilines is 2. The molecule has 0 bridgehead atoms. The second-order valence-electron chi connectivity index (χ2n) is 9.87. The summed E-state index contributed by atoms with van der Waals surface area (Å²) in [4.78, 5) is 35.1. The molecule has 0 saturated carbocycles. The molecule has 2 amide bonds. The van der Waals surface area contributed by atoms with Crippen LogP contribution < -0.4 is 15.5 Å². The zero-order chi connectivity index (χ0) is 26.4. The zero-order valence-electron chi connectivity index (χ0n) is 22.0. The minimum Gasteiger partial charge on any atom is -0.383 e. The molecule has 2 saturated heterocycles. The number of carbonyl (C=O) groups excluding carboxylic acids is 2. The largest absolute Gasteiger partial charge is 0.383 e. The van der Waals surface area contributed by atoms with E-state index >= 15 is 0 Å². The van der Waals surface area contributed by atoms with Gasteiger partial charge in [0.1, 0.15) is 5.69 Å². The standard InChI is InChI=1S/C26H37N5O5S/c1-5-36-19-14-30(15-19)25-29-22(16-37-25)24(33)28-21-7-6-18(12-20(21)23(32)27-8-10-34-4)13-31-9-11-35-17-26(31,2)3/h6-7,12,16,19H,5,8-11,13-15,17H2,1-4H3,(H,27,32)(H,28,33). The molecule has 11 heteroatoms. The first-order chi connectivity index (χ1) is 17.8. The first-order valence-electron chi connectivity index (χ1n) is 12.7. The molecule has 2 aromatic rings. The van der Waals surface area contributed by atoms with Crippen molar-refractivity contribution < 1.29 is 23.8 Å². The van der Waals surface area contributed by atoms with Crippen LogP contribution in [0.1, 0.15) is 47.2 Å². The van der Waals surface area contributed by atoms with Gasteiger partial charge in [0.15, 0.2) is 5.13 Å². The average Bonchev–Trinajstić information content (AvgIpc) is 3.33. The Morgan fingerprint density at radius 2 is 2.08 bits per heavy atom. The Labute approximate surface area is 222 Å². The van der Waals surface area contributed by atoms with Crippen molar-refractivity contribution in [2.45, 2.75) is 39.0 Å². The molecule has 0 radical (unpaired) electrons. The number of ether oxygens (including phenoxy) is 3. The lowest BCUT2D eigenvalue weighted by Gasteiger charge is -2.42. The average molecular weight is 532 g/mol. The quantitative estimate of drug-likeness (QED) is 0.427. The van der Waals surface area contributed by atoms with E-state index in [0.29, 0.717) is 56.5 Å². The van der Waals surface area contributed by atoms with Crippen LogP contribution in [0.2, 0.25) is 0 Å². The van der Waals surface area contributed by atoms with E-state index in [2.05, 4.69) is 39.3 Å². The van der Waals surface area contributed by atoms with Gasteiger partial charge in [-0.05, 0) is 38.5 Å². The highest BCUT2D eigenvalue weighted by Gasteiger charge is 2.31. The number of nitrogens with one attached hydrogen (secondary N) is 2. The monoisotopic (exact) mass is 531 g/mol. The fourth-order valence-electron chi connectivity index (χ4n) is 4.39. The SMILES string of the molecule is CCOC1CN(c2nc(C(=O)Nc3ccc(CN4CCOCC4(C)C)cc3C(=O)NCCOC)cs2)C1. The molecular formula is C26H37N5O5S. The van der Waals surface area contributed by atoms with Crippen molar-refractivity contribution in [3.63, 3.8) is 0 Å². The first-order valence-corrected chi connectivity index (χ1v) is 13.5. The Kier molecular flexibility index (Phi) is 9.14. The summed E-state index contributed by atoms with van der Waals surface area (Å²) in [6, 6.07) is 5.60. The molecule has 3 heterocycles. The highest BCUT2D eigenvalue weighted by Crippen LogP contribution is 2.28. The summed E-state index contributed by atoms with van der Waals surface area (Å²) in [6.07, 6.45) is 0.215. The molecular weight excluding hydrogens is 494 g/mol. The van der Waals surface area contributed by atoms with Crippen molar-refractivity contribution >= 4 is 34.0 Å². The number of nitrogens with zero attached hydrogens (tertiary/aromatic N) is 3. The van der Waals surface area contributed by atoms with Crippen LogP contribution in [-0.2, 0) is 20.8 Å². The molecule has 1 aromatic heterocycles. The van der Waals surface area contributed by atoms with E-state index < -0.39 is 0 Å². The predicted octanol–water partition coefficient (Wildman–Crippen LogP) is 2.61. The third-order valence-electron chi connectivity index (χ3n) is 6.60. The van der Waals surface area contributed by atoms with Gasteiger partial charge in [-0.15, -0.1) is 11.3 Å². The van der Waals surface area contributed by atoms with Gasteiger partial charge >= 0.3 is 0 Å². The molecule has 202 valence electrons. The Morgan fingerprint density at radius 1 is 1.27 bits per heavy atom. The molecule has 10 nitrogen and oxygen atoms in total. The highest BCUT2D eigenvalue weighted by atomic mass is 32.1. The van der Waals surface area contributed by atoms with E-state index in [0.717, 1.165) is 30.3 Å². The van der Waals surface area contributed by atoms with E-state index in [4.69, 9.17) is 14.2 Å². The van der Waals surface area contributed by atoms with Crippen LogP contribution in [0, 0.1) is 0 Å². The summed E-state index contributed by atoms with van der Waals surface area (Å²) in [5.74, 6) is -0.616. The first kappa shape index (κ1) is 27.5. The number of methoxy groups -OCH3 is 1. The van der Waals surface area contributed by atoms with Crippen LogP contribution in [0.3, 0.4) is 0 Å². The molecule has 2 N–H and O–H groups in total. The van der Waals surface area contributed by atoms with Gasteiger partial charge in [-0.3, -0.25) is 14.5 Å². The lowest BCUT2D eigenvalue weighted by Crippen LogP contribution is -2.52. The predicted molar refractivity (Wildman–Crippen MR) is 144 cm³/mol. The van der Waals surface area contributed by atoms with E-state index in [1.807, 2.05) is 19.1 Å². The van der Waals surface area contributed by atoms with Crippen LogP contribution >= 0.6 is 11.3 Å². The topological polar surface area (TPSA) is 105 Å². The fraction of sp³-hybridized carbons (Fsp3) is 0.577. The number of hydrogen-bond acceptors (Lipinski definition) is 9. The third kappa shape index (κ3) is 6.85. The van der Waals surface area contributed by atoms with Crippen molar-refractivity contribution in [1.82, 2.24) is 15.2 Å². The van der Waals surface area contributed by atoms with Crippen LogP contribution in [0.25, 0.3) is 0 Å². The van der Waals surface area contributed by atoms with Gasteiger partial charge in [0, 0.05) is 57.4 Å². The summed E-state index contributed by atoms with van der Waals surface area (Å²) >= 11 is 1.43. The lowest BCUT2D eigenvalue weighted by atomic mass is 10.00. The molecule has 0 unspecified atom stereocenters. The normalized spacial score (nSPS) is 17.9. The molecule has 1 aromatic carbocycles. The van der Waals surface area contributed by atoms with Gasteiger partial charge in [-0.1, -0.05) is 6.07 Å². The fourth-order valence-corrected chi connectivity index (χ4v) is 5.21. The van der Waals surface area contributed by atoms with E-state index in [1.165, 1.54) is 11.3 Å². The minimum atomic E-state index is -0.350. The van der Waals surface area contributed by atoms with E-state index in [-0.39, 0.29) is 23.5 Å². The molecule has 0 aliphatic carbocycles. The van der Waals surface area contributed by atoms with Crippen molar-refractivity contribution in [3.8, 4) is 0 Å². The number of morpholine rings is 1. The maximum Gasteiger partial charge on any atom is 0.275 e. The van der Waals surface area contributed by atoms with Crippen LogP contribution in [-0.4, -0.2) is 93.1 Å². The number of carbonyl (C=O) groups is 2. The van der Waals surface area contributed by atoms with Crippen LogP contribution in [0.5, 0.6) is 0 Å². The lowest BCUT2D eigenvalue weighted by molar-refractivity contribution is -0.0552. The van der Waals surface area contributed by atoms with Gasteiger partial charge in [-0.25, -0.2) is 4.98 Å². The molecule has 0 spiro atoms. The molecule has 37 heavy (non-hydrogen) atoms. The zero-order valence-corrected chi connectivity index (χ0v) is 22.9. The summed E-state index contributed by atoms with van der Waals surface area (Å²) in [5, 5.41) is 8.30. The van der Waals surface area contributed by atoms with Crippen molar-refractivity contribution in [2.75, 3.05) is 69.9 Å². The second-order valence-corrected chi connectivity index (χ2v) is 10.7. The van der Waals surface area contributed by atoms with Crippen LogP contribution in [0.4, 0.5) is 10.8 Å². The van der Waals surface area contributed by atoms with E-state index in [9.17, 15) is 9.59 Å². The minimum absolute atomic E-state index is 0.104. The Balaban J connectivity index is 1.48. The summed E-state index contributed by atoms with van der Waals surface area (Å²) in [7, 11) is 1.59. The summed E-state index contributed by atoms with van der Waals surface area (Å²) in [5.41, 5.74) is 2.06. The highest BCUT2D eigenvalue weighted by molar-refractivity contribution is 7.14. The summed E-state index contributed by atoms with van der Waals surface area (Å²) < 4.78 is 16.3. The number of amides is 2. The number of hydrogen-bond donors (Lipinski definition) is 2. The Morgan fingerprint density at radius 3 is 2.81 bits per heavy atom. The van der Waals surface area contributed by atoms with Gasteiger partial charge in [0.25, 0.3) is 11.8 Å². The third-order valence-corrected chi connectivity index (χ3v) is 7.51. The second kappa shape index (κ2) is 12.3. The summed E-state index contributed by atoms with van der Waals surface area (Å²) in [6.45, 7) is 12.1. The van der Waals surface area contributed by atoms with Crippen molar-refractivity contribution in [2.24, 2.45) is 0 Å². The molecule has 4 rings (SSSR count). The smallest absolute Gasteiger partial charge is 0.275 e. The van der Waals surface area contributed by atoms with Crippen molar-refractivity contribution in [3.05, 3.63) is 40.4 Å². The maximum atomic E-state index is 13.1. The van der Waals surface area contributed by atoms with Crippen molar-refractivity contribution in [1.29, 1.82) is 0 Å². The van der Waals surface area contributed by atoms with Gasteiger partial charge in [-0.2, -0.15) is 0 Å². The Bertz CT molecular complexity index is 1090. The molecule has 0 atom stereocenters. The van der Waals surface area contributed by atoms with Gasteiger partial charge in [0.05, 0.1) is 37.2 Å². The maximum absolute atomic E-state index is 13.1. The molecule has 2 aliphatic rings. The van der Waals surface area contributed by atoms with E-state index in [1.54, 1.807) is 18.6 Å². The molecule has 2 fully saturated rings. The van der Waals surface area contributed by atoms with Crippen LogP contribution in [0.15, 0.2) is 23.6 Å². The molecule has 2 aliphatic heterocycles. The number of benzene rings is 1. The van der Waals surface area contributed by atoms with Gasteiger partial charge in [0.2, 0.25) is 0 Å². The Hall–Kier alpha value is -2.57.